The van der Waals surface area contributed by atoms with Crippen LogP contribution in [0.15, 0.2) is 42.6 Å². The van der Waals surface area contributed by atoms with Crippen LogP contribution in [-0.4, -0.2) is 53.9 Å². The Kier molecular flexibility index (Phi) is 5.13. The summed E-state index contributed by atoms with van der Waals surface area (Å²) in [5.74, 6) is 0.0503. The molecule has 1 N–H and O–H groups in total. The van der Waals surface area contributed by atoms with Gasteiger partial charge in [0, 0.05) is 37.9 Å². The Morgan fingerprint density at radius 1 is 1.12 bits per heavy atom. The predicted molar refractivity (Wildman–Crippen MR) is 92.4 cm³/mol. The highest BCUT2D eigenvalue weighted by atomic mass is 19.4. The number of nitrogens with zero attached hydrogens (tertiary/aromatic N) is 3. The maximum Gasteiger partial charge on any atom is 0.418 e. The van der Waals surface area contributed by atoms with E-state index in [9.17, 15) is 18.0 Å². The molecule has 3 rings (SSSR count). The summed E-state index contributed by atoms with van der Waals surface area (Å²) in [6.45, 7) is 2.83. The molecule has 1 saturated heterocycles. The Bertz CT molecular complexity index is 786. The molecule has 1 amide bonds. The van der Waals surface area contributed by atoms with Crippen molar-refractivity contribution in [3.63, 3.8) is 0 Å². The number of pyridine rings is 1. The Labute approximate surface area is 149 Å². The summed E-state index contributed by atoms with van der Waals surface area (Å²) in [7, 11) is 1.99. The van der Waals surface area contributed by atoms with Gasteiger partial charge in [-0.05, 0) is 31.3 Å². The minimum atomic E-state index is -4.48. The molecule has 1 fully saturated rings. The molecule has 0 aliphatic carbocycles. The Morgan fingerprint density at radius 2 is 1.81 bits per heavy atom. The lowest BCUT2D eigenvalue weighted by Crippen LogP contribution is -2.47. The monoisotopic (exact) mass is 364 g/mol. The van der Waals surface area contributed by atoms with Crippen molar-refractivity contribution in [2.24, 2.45) is 0 Å². The lowest BCUT2D eigenvalue weighted by molar-refractivity contribution is -0.136. The number of alkyl halides is 3. The van der Waals surface area contributed by atoms with Crippen LogP contribution in [0.2, 0.25) is 0 Å². The first-order valence-corrected chi connectivity index (χ1v) is 8.22. The van der Waals surface area contributed by atoms with Crippen LogP contribution >= 0.6 is 0 Å². The van der Waals surface area contributed by atoms with Crippen LogP contribution in [0.5, 0.6) is 0 Å². The second-order valence-electron chi connectivity index (χ2n) is 6.19. The van der Waals surface area contributed by atoms with Gasteiger partial charge in [-0.15, -0.1) is 0 Å². The molecular formula is C18H19F3N4O. The van der Waals surface area contributed by atoms with E-state index < -0.39 is 11.7 Å². The molecule has 0 unspecified atom stereocenters. The van der Waals surface area contributed by atoms with Crippen molar-refractivity contribution in [3.8, 4) is 0 Å². The van der Waals surface area contributed by atoms with Gasteiger partial charge in [0.2, 0.25) is 0 Å². The summed E-state index contributed by atoms with van der Waals surface area (Å²) in [5, 5.41) is 2.67. The molecule has 26 heavy (non-hydrogen) atoms. The number of anilines is 2. The van der Waals surface area contributed by atoms with Crippen LogP contribution < -0.4 is 5.32 Å². The third kappa shape index (κ3) is 4.13. The molecular weight excluding hydrogens is 345 g/mol. The van der Waals surface area contributed by atoms with E-state index in [1.54, 1.807) is 11.0 Å². The fourth-order valence-electron chi connectivity index (χ4n) is 2.80. The number of hydrogen-bond donors (Lipinski definition) is 1. The van der Waals surface area contributed by atoms with Crippen molar-refractivity contribution in [1.82, 2.24) is 14.8 Å². The largest absolute Gasteiger partial charge is 0.418 e. The first kappa shape index (κ1) is 18.2. The molecule has 1 aromatic carbocycles. The summed E-state index contributed by atoms with van der Waals surface area (Å²) in [6, 6.07) is 8.22. The lowest BCUT2D eigenvalue weighted by Gasteiger charge is -2.32. The van der Waals surface area contributed by atoms with Crippen LogP contribution in [0.25, 0.3) is 0 Å². The zero-order valence-electron chi connectivity index (χ0n) is 14.3. The van der Waals surface area contributed by atoms with Crippen molar-refractivity contribution in [2.75, 3.05) is 38.5 Å². The van der Waals surface area contributed by atoms with Gasteiger partial charge in [0.15, 0.2) is 0 Å². The number of nitrogens with one attached hydrogen (secondary N) is 1. The molecule has 0 saturated carbocycles. The number of aromatic nitrogens is 1. The average Bonchev–Trinajstić information content (AvgIpc) is 2.61. The van der Waals surface area contributed by atoms with E-state index in [1.165, 1.54) is 30.5 Å². The van der Waals surface area contributed by atoms with Gasteiger partial charge < -0.3 is 15.1 Å². The quantitative estimate of drug-likeness (QED) is 0.909. The first-order valence-electron chi connectivity index (χ1n) is 8.22. The Morgan fingerprint density at radius 3 is 2.50 bits per heavy atom. The molecule has 1 aliphatic rings. The molecule has 5 nitrogen and oxygen atoms in total. The third-order valence-corrected chi connectivity index (χ3v) is 4.29. The van der Waals surface area contributed by atoms with Gasteiger partial charge in [-0.25, -0.2) is 4.98 Å². The van der Waals surface area contributed by atoms with Crippen molar-refractivity contribution in [1.29, 1.82) is 0 Å². The molecule has 0 radical (unpaired) electrons. The molecule has 1 aliphatic heterocycles. The highest BCUT2D eigenvalue weighted by Crippen LogP contribution is 2.35. The van der Waals surface area contributed by atoms with E-state index in [4.69, 9.17) is 0 Å². The molecule has 2 aromatic rings. The van der Waals surface area contributed by atoms with Gasteiger partial charge in [0.05, 0.1) is 11.3 Å². The van der Waals surface area contributed by atoms with E-state index in [0.717, 1.165) is 19.2 Å². The van der Waals surface area contributed by atoms with Crippen LogP contribution in [0, 0.1) is 0 Å². The third-order valence-electron chi connectivity index (χ3n) is 4.29. The van der Waals surface area contributed by atoms with Crippen molar-refractivity contribution >= 4 is 17.4 Å². The van der Waals surface area contributed by atoms with Crippen molar-refractivity contribution in [3.05, 3.63) is 53.7 Å². The Hall–Kier alpha value is -2.61. The summed E-state index contributed by atoms with van der Waals surface area (Å²) in [6.07, 6.45) is -3.06. The number of amides is 1. The number of piperazine rings is 1. The molecule has 0 bridgehead atoms. The van der Waals surface area contributed by atoms with Gasteiger partial charge in [-0.1, -0.05) is 12.1 Å². The van der Waals surface area contributed by atoms with Crippen LogP contribution in [0.1, 0.15) is 15.9 Å². The summed E-state index contributed by atoms with van der Waals surface area (Å²) < 4.78 is 39.3. The molecule has 138 valence electrons. The Balaban J connectivity index is 1.79. The minimum absolute atomic E-state index is 0.100. The molecule has 0 spiro atoms. The highest BCUT2D eigenvalue weighted by Gasteiger charge is 2.33. The average molecular weight is 364 g/mol. The lowest BCUT2D eigenvalue weighted by atomic mass is 10.1. The zero-order chi connectivity index (χ0) is 18.7. The molecule has 8 heteroatoms. The number of halogens is 3. The number of hydrogen-bond acceptors (Lipinski definition) is 4. The van der Waals surface area contributed by atoms with Gasteiger partial charge in [0.1, 0.15) is 5.82 Å². The summed E-state index contributed by atoms with van der Waals surface area (Å²) in [5.41, 5.74) is -0.481. The van der Waals surface area contributed by atoms with Crippen molar-refractivity contribution < 1.29 is 18.0 Å². The number of likely N-dealkylation sites (N-methyl/N-ethyl adjacent to an activating group) is 1. The predicted octanol–water partition coefficient (Wildman–Crippen LogP) is 3.23. The summed E-state index contributed by atoms with van der Waals surface area (Å²) in [4.78, 5) is 20.5. The fraction of sp³-hybridized carbons (Fsp3) is 0.333. The van der Waals surface area contributed by atoms with Crippen molar-refractivity contribution in [2.45, 2.75) is 6.18 Å². The van der Waals surface area contributed by atoms with Gasteiger partial charge in [-0.2, -0.15) is 13.2 Å². The van der Waals surface area contributed by atoms with Gasteiger partial charge >= 0.3 is 6.18 Å². The maximum atomic E-state index is 13.1. The zero-order valence-corrected chi connectivity index (χ0v) is 14.3. The van der Waals surface area contributed by atoms with E-state index in [-0.39, 0.29) is 17.4 Å². The number of benzene rings is 1. The first-order chi connectivity index (χ1) is 12.3. The number of rotatable bonds is 3. The number of carbonyl (C=O) groups excluding carboxylic acids is 1. The van der Waals surface area contributed by atoms with Gasteiger partial charge in [-0.3, -0.25) is 4.79 Å². The van der Waals surface area contributed by atoms with E-state index >= 15 is 0 Å². The van der Waals surface area contributed by atoms with E-state index in [0.29, 0.717) is 18.7 Å². The molecule has 1 aromatic heterocycles. The van der Waals surface area contributed by atoms with E-state index in [1.807, 2.05) is 7.05 Å². The van der Waals surface area contributed by atoms with Gasteiger partial charge in [0.25, 0.3) is 5.91 Å². The minimum Gasteiger partial charge on any atom is -0.340 e. The second-order valence-corrected chi connectivity index (χ2v) is 6.19. The molecule has 2 heterocycles. The van der Waals surface area contributed by atoms with Crippen LogP contribution in [0.3, 0.4) is 0 Å². The maximum absolute atomic E-state index is 13.1. The highest BCUT2D eigenvalue weighted by molar-refractivity contribution is 5.95. The normalized spacial score (nSPS) is 15.8. The fourth-order valence-corrected chi connectivity index (χ4v) is 2.80. The molecule has 0 atom stereocenters. The van der Waals surface area contributed by atoms with E-state index in [2.05, 4.69) is 15.2 Å². The standard InChI is InChI=1S/C18H19F3N4O/c1-24-8-10-25(11-9-24)17(26)13-6-7-22-16(12-13)23-15-5-3-2-4-14(15)18(19,20)21/h2-7,12H,8-11H2,1H3,(H,22,23). The SMILES string of the molecule is CN1CCN(C(=O)c2ccnc(Nc3ccccc3C(F)(F)F)c2)CC1. The smallest absolute Gasteiger partial charge is 0.340 e. The number of carbonyl (C=O) groups is 1. The summed E-state index contributed by atoms with van der Waals surface area (Å²) >= 11 is 0. The number of para-hydroxylation sites is 1. The second kappa shape index (κ2) is 7.33. The van der Waals surface area contributed by atoms with Crippen LogP contribution in [-0.2, 0) is 6.18 Å². The van der Waals surface area contributed by atoms with Crippen LogP contribution in [0.4, 0.5) is 24.7 Å². The topological polar surface area (TPSA) is 48.5 Å².